The highest BCUT2D eigenvalue weighted by Crippen LogP contribution is 2.44. The van der Waals surface area contributed by atoms with E-state index in [0.29, 0.717) is 83.7 Å². The first-order chi connectivity index (χ1) is 45.5. The molecule has 28 heteroatoms. The molecule has 24 nitrogen and oxygen atoms in total. The van der Waals surface area contributed by atoms with Gasteiger partial charge in [-0.05, 0) is 148 Å². The maximum atomic E-state index is 15.5. The second kappa shape index (κ2) is 33.3. The molecule has 7 rings (SSSR count). The van der Waals surface area contributed by atoms with Crippen LogP contribution in [0.15, 0.2) is 0 Å². The Morgan fingerprint density at radius 2 is 1.18 bits per heavy atom. The zero-order valence-corrected chi connectivity index (χ0v) is 60.4. The average molecular weight is 1390 g/mol. The van der Waals surface area contributed by atoms with Gasteiger partial charge in [-0.2, -0.15) is 13.2 Å². The average Bonchev–Trinajstić information content (AvgIpc) is 0.781. The van der Waals surface area contributed by atoms with Gasteiger partial charge in [0.25, 0.3) is 0 Å². The Hall–Kier alpha value is -6.28. The molecule has 7 fully saturated rings. The van der Waals surface area contributed by atoms with Gasteiger partial charge in [0.05, 0.1) is 18.9 Å². The van der Waals surface area contributed by atoms with Crippen molar-refractivity contribution in [3.8, 4) is 0 Å². The van der Waals surface area contributed by atoms with Crippen molar-refractivity contribution in [3.63, 3.8) is 0 Å². The molecular weight excluding hydrogens is 1280 g/mol. The minimum Gasteiger partial charge on any atom is -0.343 e. The first kappa shape index (κ1) is 78.1. The lowest BCUT2D eigenvalue weighted by Gasteiger charge is -2.46. The van der Waals surface area contributed by atoms with Gasteiger partial charge in [-0.25, -0.2) is 0 Å². The van der Waals surface area contributed by atoms with Crippen LogP contribution in [0, 0.1) is 29.6 Å². The molecule has 0 aromatic rings. The van der Waals surface area contributed by atoms with Crippen molar-refractivity contribution in [1.82, 2.24) is 59.6 Å². The van der Waals surface area contributed by atoms with Crippen molar-refractivity contribution in [2.45, 2.75) is 254 Å². The summed E-state index contributed by atoms with van der Waals surface area (Å²) in [7, 11) is 10.0. The lowest BCUT2D eigenvalue weighted by molar-refractivity contribution is -0.182. The van der Waals surface area contributed by atoms with E-state index in [1.807, 2.05) is 6.92 Å². The number of piperidine rings is 1. The number of halogens is 4. The fourth-order valence-electron chi connectivity index (χ4n) is 15.2. The molecule has 7 aliphatic rings. The smallest absolute Gasteiger partial charge is 0.343 e. The van der Waals surface area contributed by atoms with Gasteiger partial charge in [-0.1, -0.05) is 52.4 Å². The van der Waals surface area contributed by atoms with E-state index >= 15 is 19.2 Å². The van der Waals surface area contributed by atoms with Gasteiger partial charge in [-0.15, -0.1) is 11.6 Å². The van der Waals surface area contributed by atoms with Crippen molar-refractivity contribution in [1.29, 1.82) is 0 Å². The second-order valence-corrected chi connectivity index (χ2v) is 30.3. The molecule has 0 radical (unpaired) electrons. The highest BCUT2D eigenvalue weighted by Gasteiger charge is 2.51. The number of alkyl halides is 4. The minimum atomic E-state index is -4.51. The summed E-state index contributed by atoms with van der Waals surface area (Å²) in [4.78, 5) is 191. The van der Waals surface area contributed by atoms with E-state index in [4.69, 9.17) is 11.6 Å². The molecule has 3 aliphatic heterocycles. The maximum Gasteiger partial charge on any atom is 0.393 e. The summed E-state index contributed by atoms with van der Waals surface area (Å²) in [6.07, 6.45) is 4.91. The Balaban J connectivity index is 1.26. The summed E-state index contributed by atoms with van der Waals surface area (Å²) < 4.78 is 42.1. The SMILES string of the molecule is CC[C@H](C)[C@@H]1NC(=O)[C@H](C)N(C)C(=O)C[C@@H](C(=O)N2CCCCC2)N(C)C(=O)[C@H](C2CCC2)N(C)C(=O)C(C)(C)N(C)C(=O)CN(C2CCCCC2)C(=O)[C@H](CCC2CCC(C(F)(F)F)C(Cl)C2)NC(=O)CN(C)C(=O)[C@H](C2CCC2)N(C)C(=O)[C@@H]2CCN2C(=O)[C@H](C)N(C)C1=O. The molecule has 97 heavy (non-hydrogen) atoms. The van der Waals surface area contributed by atoms with Gasteiger partial charge in [0.2, 0.25) is 70.9 Å². The fraction of sp³-hybridized carbons (Fsp3) is 0.826. The number of rotatable bonds is 9. The molecule has 4 aliphatic carbocycles. The van der Waals surface area contributed by atoms with Crippen molar-refractivity contribution in [2.24, 2.45) is 29.6 Å². The molecule has 12 amide bonds. The third-order valence-electron chi connectivity index (χ3n) is 23.2. The first-order valence-electron chi connectivity index (χ1n) is 35.6. The molecule has 3 heterocycles. The number of nitrogens with zero attached hydrogens (tertiary/aromatic N) is 10. The van der Waals surface area contributed by atoms with Crippen molar-refractivity contribution < 1.29 is 70.7 Å². The van der Waals surface area contributed by atoms with Crippen LogP contribution in [-0.2, 0) is 57.5 Å². The molecule has 2 N–H and O–H groups in total. The molecule has 3 unspecified atom stereocenters. The lowest BCUT2D eigenvalue weighted by Crippen LogP contribution is -2.65. The van der Waals surface area contributed by atoms with E-state index in [2.05, 4.69) is 10.6 Å². The molecule has 546 valence electrons. The number of fused-ring (bicyclic) bond motifs is 1. The summed E-state index contributed by atoms with van der Waals surface area (Å²) in [5.74, 6) is -10.7. The van der Waals surface area contributed by atoms with E-state index < -0.39 is 174 Å². The zero-order chi connectivity index (χ0) is 71.9. The first-order valence-corrected chi connectivity index (χ1v) is 36.0. The largest absolute Gasteiger partial charge is 0.393 e. The molecule has 0 bridgehead atoms. The Morgan fingerprint density at radius 1 is 0.588 bits per heavy atom. The van der Waals surface area contributed by atoms with E-state index in [1.165, 1.54) is 116 Å². The lowest BCUT2D eigenvalue weighted by atomic mass is 9.78. The van der Waals surface area contributed by atoms with Gasteiger partial charge >= 0.3 is 6.18 Å². The minimum absolute atomic E-state index is 0.000567. The van der Waals surface area contributed by atoms with Gasteiger partial charge in [0.1, 0.15) is 60.4 Å². The van der Waals surface area contributed by atoms with E-state index in [9.17, 15) is 51.5 Å². The van der Waals surface area contributed by atoms with Crippen LogP contribution in [0.4, 0.5) is 13.2 Å². The summed E-state index contributed by atoms with van der Waals surface area (Å²) in [6, 6.07) is -10.1. The molecule has 4 saturated carbocycles. The summed E-state index contributed by atoms with van der Waals surface area (Å²) >= 11 is 6.42. The highest BCUT2D eigenvalue weighted by molar-refractivity contribution is 6.21. The quantitative estimate of drug-likeness (QED) is 0.289. The standard InChI is InChI=1S/C69H110ClF3N12O12/c1-14-41(2)56-64(94)78(9)43(4)60(90)84-36-33-51(84)62(92)80(11)57(45-23-21-24-45)65(95)76(7)39-53(86)74-50(32-30-44-29-31-48(49(70)37-44)69(71,72)73)61(91)85(47-27-17-15-18-28-47)40-55(88)82(13)68(5,6)67(97)81(12)58(46-25-22-26-46)66(96)79(10)52(63(93)83-34-19-16-20-35-83)38-54(87)77(8)42(3)59(89)75-56/h41-52,56-58H,14-40H2,1-13H3,(H,74,86)(H,75,89)/t41-,42-,43-,44?,48?,49?,50-,51-,52-,56-,57-,58-/m0/s1. The van der Waals surface area contributed by atoms with Crippen LogP contribution in [0.25, 0.3) is 0 Å². The molecule has 3 saturated heterocycles. The second-order valence-electron chi connectivity index (χ2n) is 29.7. The van der Waals surface area contributed by atoms with Gasteiger partial charge in [0.15, 0.2) is 0 Å². The molecule has 0 spiro atoms. The number of amides is 12. The number of hydrogen-bond acceptors (Lipinski definition) is 12. The monoisotopic (exact) mass is 1390 g/mol. The topological polar surface area (TPSA) is 261 Å². The van der Waals surface area contributed by atoms with Crippen LogP contribution in [0.5, 0.6) is 0 Å². The third-order valence-corrected chi connectivity index (χ3v) is 23.7. The Bertz CT molecular complexity index is 2890. The summed E-state index contributed by atoms with van der Waals surface area (Å²) in [6.45, 7) is 9.40. The Kier molecular flexibility index (Phi) is 26.8. The number of likely N-dealkylation sites (N-methyl/N-ethyl adjacent to an activating group) is 7. The van der Waals surface area contributed by atoms with Gasteiger partial charge < -0.3 is 59.6 Å². The molecule has 0 aromatic carbocycles. The predicted molar refractivity (Wildman–Crippen MR) is 356 cm³/mol. The Morgan fingerprint density at radius 3 is 1.71 bits per heavy atom. The summed E-state index contributed by atoms with van der Waals surface area (Å²) in [5, 5.41) is 4.47. The van der Waals surface area contributed by atoms with Crippen LogP contribution < -0.4 is 10.6 Å². The number of carbonyl (C=O) groups excluding carboxylic acids is 12. The normalized spacial score (nSPS) is 31.4. The number of likely N-dealkylation sites (tertiary alicyclic amines) is 1. The molecular formula is C69H110ClF3N12O12. The molecule has 12 atom stereocenters. The van der Waals surface area contributed by atoms with Crippen molar-refractivity contribution >= 4 is 82.5 Å². The maximum absolute atomic E-state index is 15.5. The number of nitrogens with one attached hydrogen (secondary N) is 2. The zero-order valence-electron chi connectivity index (χ0n) is 59.6. The van der Waals surface area contributed by atoms with Gasteiger partial charge in [0, 0.05) is 80.4 Å². The third kappa shape index (κ3) is 17.8. The molecule has 0 aromatic heterocycles. The van der Waals surface area contributed by atoms with Crippen LogP contribution in [0.3, 0.4) is 0 Å². The number of hydrogen-bond donors (Lipinski definition) is 2. The van der Waals surface area contributed by atoms with E-state index in [1.54, 1.807) is 11.8 Å². The van der Waals surface area contributed by atoms with Gasteiger partial charge in [-0.3, -0.25) is 57.5 Å². The van der Waals surface area contributed by atoms with Crippen molar-refractivity contribution in [3.05, 3.63) is 0 Å². The van der Waals surface area contributed by atoms with E-state index in [0.717, 1.165) is 30.6 Å². The fourth-order valence-corrected chi connectivity index (χ4v) is 15.7. The summed E-state index contributed by atoms with van der Waals surface area (Å²) in [5.41, 5.74) is -1.70. The van der Waals surface area contributed by atoms with E-state index in [-0.39, 0.29) is 62.8 Å². The van der Waals surface area contributed by atoms with Crippen LogP contribution >= 0.6 is 11.6 Å². The highest BCUT2D eigenvalue weighted by atomic mass is 35.5. The Labute approximate surface area is 576 Å². The van der Waals surface area contributed by atoms with Crippen molar-refractivity contribution in [2.75, 3.05) is 82.1 Å². The van der Waals surface area contributed by atoms with Crippen LogP contribution in [-0.4, -0.2) is 273 Å². The van der Waals surface area contributed by atoms with Crippen LogP contribution in [0.1, 0.15) is 183 Å². The predicted octanol–water partition coefficient (Wildman–Crippen LogP) is 5.02. The van der Waals surface area contributed by atoms with Crippen LogP contribution in [0.2, 0.25) is 0 Å². The number of carbonyl (C=O) groups is 12.